The van der Waals surface area contributed by atoms with E-state index in [1.807, 2.05) is 0 Å². The molecule has 0 saturated heterocycles. The Hall–Kier alpha value is -2.96. The average Bonchev–Trinajstić information content (AvgIpc) is 2.82. The first-order valence-electron chi connectivity index (χ1n) is 5.40. The fraction of sp³-hybridized carbons (Fsp3) is 0. The Balaban J connectivity index is 2.03. The number of nitrogens with zero attached hydrogens (tertiary/aromatic N) is 3. The minimum atomic E-state index is -1.18. The Kier molecular flexibility index (Phi) is 2.57. The Bertz CT molecular complexity index is 720. The second kappa shape index (κ2) is 4.37. The molecule has 3 aromatic rings. The van der Waals surface area contributed by atoms with Gasteiger partial charge in [0.1, 0.15) is 5.82 Å². The van der Waals surface area contributed by atoms with E-state index in [9.17, 15) is 4.79 Å². The molecule has 1 amide bonds. The summed E-state index contributed by atoms with van der Waals surface area (Å²) in [7, 11) is 0. The number of aromatic nitrogens is 3. The zero-order chi connectivity index (χ0) is 13.2. The Morgan fingerprint density at radius 3 is 2.95 bits per heavy atom. The van der Waals surface area contributed by atoms with Gasteiger partial charge in [0.25, 0.3) is 0 Å². The topological polar surface area (TPSA) is 101 Å². The van der Waals surface area contributed by atoms with Crippen molar-refractivity contribution in [2.24, 2.45) is 0 Å². The molecule has 0 aliphatic carbocycles. The van der Waals surface area contributed by atoms with E-state index >= 15 is 0 Å². The number of anilines is 1. The van der Waals surface area contributed by atoms with Gasteiger partial charge in [-0.2, -0.15) is 4.98 Å². The van der Waals surface area contributed by atoms with E-state index in [4.69, 9.17) is 9.52 Å². The predicted molar refractivity (Wildman–Crippen MR) is 66.7 cm³/mol. The van der Waals surface area contributed by atoms with Gasteiger partial charge in [0, 0.05) is 18.0 Å². The Morgan fingerprint density at radius 1 is 1.26 bits per heavy atom. The number of oxazole rings is 1. The maximum atomic E-state index is 10.6. The lowest BCUT2D eigenvalue weighted by atomic mass is 10.2. The third kappa shape index (κ3) is 2.21. The van der Waals surface area contributed by atoms with Crippen LogP contribution in [0.1, 0.15) is 0 Å². The van der Waals surface area contributed by atoms with Crippen molar-refractivity contribution >= 4 is 23.1 Å². The fourth-order valence-corrected chi connectivity index (χ4v) is 1.63. The molecule has 0 atom stereocenters. The van der Waals surface area contributed by atoms with Crippen molar-refractivity contribution in [1.29, 1.82) is 0 Å². The molecule has 0 bridgehead atoms. The number of pyridine rings is 2. The van der Waals surface area contributed by atoms with Crippen LogP contribution in [0, 0.1) is 0 Å². The Morgan fingerprint density at radius 2 is 2.16 bits per heavy atom. The van der Waals surface area contributed by atoms with Crippen molar-refractivity contribution in [3.63, 3.8) is 0 Å². The van der Waals surface area contributed by atoms with Crippen LogP contribution in [0.5, 0.6) is 0 Å². The van der Waals surface area contributed by atoms with E-state index in [1.54, 1.807) is 30.5 Å². The molecule has 0 saturated carbocycles. The summed E-state index contributed by atoms with van der Waals surface area (Å²) >= 11 is 0. The summed E-state index contributed by atoms with van der Waals surface area (Å²) in [5.41, 5.74) is 1.70. The van der Waals surface area contributed by atoms with Gasteiger partial charge in [0.05, 0.1) is 0 Å². The molecule has 94 valence electrons. The van der Waals surface area contributed by atoms with E-state index < -0.39 is 6.09 Å². The molecule has 0 aliphatic heterocycles. The summed E-state index contributed by atoms with van der Waals surface area (Å²) in [5, 5.41) is 10.8. The van der Waals surface area contributed by atoms with Crippen molar-refractivity contribution < 1.29 is 14.3 Å². The van der Waals surface area contributed by atoms with E-state index in [2.05, 4.69) is 20.3 Å². The van der Waals surface area contributed by atoms with E-state index in [0.29, 0.717) is 22.7 Å². The average molecular weight is 256 g/mol. The van der Waals surface area contributed by atoms with Gasteiger partial charge < -0.3 is 9.52 Å². The summed E-state index contributed by atoms with van der Waals surface area (Å²) in [6, 6.07) is 6.73. The van der Waals surface area contributed by atoms with Crippen LogP contribution >= 0.6 is 0 Å². The number of carboxylic acid groups (broad SMARTS) is 1. The van der Waals surface area contributed by atoms with Crippen LogP contribution in [-0.4, -0.2) is 26.2 Å². The molecule has 2 N–H and O–H groups in total. The summed E-state index contributed by atoms with van der Waals surface area (Å²) in [6.45, 7) is 0. The van der Waals surface area contributed by atoms with Crippen molar-refractivity contribution in [3.05, 3.63) is 36.7 Å². The third-order valence-corrected chi connectivity index (χ3v) is 2.41. The van der Waals surface area contributed by atoms with Crippen LogP contribution in [0.25, 0.3) is 22.7 Å². The third-order valence-electron chi connectivity index (χ3n) is 2.41. The first-order valence-corrected chi connectivity index (χ1v) is 5.40. The van der Waals surface area contributed by atoms with Crippen LogP contribution in [0.4, 0.5) is 10.6 Å². The number of amides is 1. The molecule has 0 radical (unpaired) electrons. The summed E-state index contributed by atoms with van der Waals surface area (Å²) < 4.78 is 5.54. The molecule has 0 aromatic carbocycles. The molecule has 0 fully saturated rings. The van der Waals surface area contributed by atoms with E-state index in [0.717, 1.165) is 0 Å². The Labute approximate surface area is 106 Å². The monoisotopic (exact) mass is 256 g/mol. The number of hydrogen-bond donors (Lipinski definition) is 2. The highest BCUT2D eigenvalue weighted by Gasteiger charge is 2.10. The molecule has 3 rings (SSSR count). The van der Waals surface area contributed by atoms with Gasteiger partial charge in [-0.25, -0.2) is 14.8 Å². The van der Waals surface area contributed by atoms with Crippen molar-refractivity contribution in [1.82, 2.24) is 15.0 Å². The van der Waals surface area contributed by atoms with Gasteiger partial charge in [-0.05, 0) is 24.3 Å². The molecular weight excluding hydrogens is 248 g/mol. The lowest BCUT2D eigenvalue weighted by molar-refractivity contribution is 0.209. The van der Waals surface area contributed by atoms with Gasteiger partial charge in [-0.3, -0.25) is 5.32 Å². The first kappa shape index (κ1) is 11.1. The molecular formula is C12H8N4O3. The lowest BCUT2D eigenvalue weighted by Crippen LogP contribution is -2.08. The van der Waals surface area contributed by atoms with Crippen LogP contribution in [-0.2, 0) is 0 Å². The van der Waals surface area contributed by atoms with Crippen molar-refractivity contribution in [2.75, 3.05) is 5.32 Å². The number of rotatable bonds is 2. The van der Waals surface area contributed by atoms with Crippen molar-refractivity contribution in [3.8, 4) is 11.5 Å². The molecule has 0 aliphatic rings. The predicted octanol–water partition coefficient (Wildman–Crippen LogP) is 2.37. The zero-order valence-electron chi connectivity index (χ0n) is 9.57. The van der Waals surface area contributed by atoms with E-state index in [-0.39, 0.29) is 5.82 Å². The summed E-state index contributed by atoms with van der Waals surface area (Å²) in [4.78, 5) is 22.7. The minimum Gasteiger partial charge on any atom is -0.465 e. The number of fused-ring (bicyclic) bond motifs is 1. The van der Waals surface area contributed by atoms with Gasteiger partial charge in [-0.15, -0.1) is 0 Å². The van der Waals surface area contributed by atoms with Gasteiger partial charge >= 0.3 is 6.09 Å². The minimum absolute atomic E-state index is 0.209. The maximum Gasteiger partial charge on any atom is 0.410 e. The number of carbonyl (C=O) groups is 1. The van der Waals surface area contributed by atoms with Crippen molar-refractivity contribution in [2.45, 2.75) is 0 Å². The second-order valence-electron chi connectivity index (χ2n) is 3.70. The highest BCUT2D eigenvalue weighted by Crippen LogP contribution is 2.24. The van der Waals surface area contributed by atoms with Crippen LogP contribution in [0.3, 0.4) is 0 Å². The summed E-state index contributed by atoms with van der Waals surface area (Å²) in [5.74, 6) is 0.574. The largest absolute Gasteiger partial charge is 0.465 e. The maximum absolute atomic E-state index is 10.6. The second-order valence-corrected chi connectivity index (χ2v) is 3.70. The highest BCUT2D eigenvalue weighted by molar-refractivity contribution is 5.82. The van der Waals surface area contributed by atoms with Gasteiger partial charge in [-0.1, -0.05) is 0 Å². The number of hydrogen-bond acceptors (Lipinski definition) is 5. The van der Waals surface area contributed by atoms with Gasteiger partial charge in [0.2, 0.25) is 5.89 Å². The lowest BCUT2D eigenvalue weighted by Gasteiger charge is -2.00. The number of nitrogens with one attached hydrogen (secondary N) is 1. The van der Waals surface area contributed by atoms with Gasteiger partial charge in [0.15, 0.2) is 11.2 Å². The zero-order valence-corrected chi connectivity index (χ0v) is 9.57. The van der Waals surface area contributed by atoms with Crippen LogP contribution < -0.4 is 5.32 Å². The fourth-order valence-electron chi connectivity index (χ4n) is 1.63. The first-order chi connectivity index (χ1) is 9.22. The molecule has 0 unspecified atom stereocenters. The smallest absolute Gasteiger partial charge is 0.410 e. The normalized spacial score (nSPS) is 10.5. The molecule has 19 heavy (non-hydrogen) atoms. The molecule has 7 nitrogen and oxygen atoms in total. The quantitative estimate of drug-likeness (QED) is 0.729. The van der Waals surface area contributed by atoms with E-state index in [1.165, 1.54) is 6.20 Å². The van der Waals surface area contributed by atoms with Crippen LogP contribution in [0.2, 0.25) is 0 Å². The molecule has 0 spiro atoms. The SMILES string of the molecule is O=C(O)Nc1cc(-c2nc3ncccc3o2)ccn1. The molecule has 3 heterocycles. The molecule has 3 aromatic heterocycles. The molecule has 7 heteroatoms. The van der Waals surface area contributed by atoms with Crippen LogP contribution in [0.15, 0.2) is 41.1 Å². The standard InChI is InChI=1S/C12H8N4O3/c17-12(18)15-9-6-7(3-5-13-9)11-16-10-8(19-11)2-1-4-14-10/h1-6H,(H,13,15)(H,17,18). The highest BCUT2D eigenvalue weighted by atomic mass is 16.4. The summed E-state index contributed by atoms with van der Waals surface area (Å²) in [6.07, 6.45) is 1.92.